The van der Waals surface area contributed by atoms with Crippen LogP contribution in [0.5, 0.6) is 0 Å². The van der Waals surface area contributed by atoms with Crippen LogP contribution in [-0.2, 0) is 12.6 Å². The zero-order valence-corrected chi connectivity index (χ0v) is 10.6. The molecule has 0 heterocycles. The number of benzene rings is 1. The summed E-state index contributed by atoms with van der Waals surface area (Å²) in [4.78, 5) is 3.07. The van der Waals surface area contributed by atoms with Crippen LogP contribution in [0.25, 0.3) is 4.85 Å². The minimum atomic E-state index is -4.37. The van der Waals surface area contributed by atoms with E-state index in [0.717, 1.165) is 25.3 Å². The summed E-state index contributed by atoms with van der Waals surface area (Å²) in [7, 11) is 0. The highest BCUT2D eigenvalue weighted by atomic mass is 19.4. The monoisotopic (exact) mass is 267 g/mol. The Labute approximate surface area is 111 Å². The van der Waals surface area contributed by atoms with Gasteiger partial charge >= 0.3 is 6.18 Å². The van der Waals surface area contributed by atoms with Crippen molar-refractivity contribution in [3.8, 4) is 0 Å². The lowest BCUT2D eigenvalue weighted by molar-refractivity contribution is -0.138. The molecule has 19 heavy (non-hydrogen) atoms. The third-order valence-electron chi connectivity index (χ3n) is 3.82. The fraction of sp³-hybridized carbons (Fsp3) is 0.533. The highest BCUT2D eigenvalue weighted by Gasteiger charge is 2.33. The van der Waals surface area contributed by atoms with E-state index >= 15 is 0 Å². The first-order chi connectivity index (χ1) is 9.00. The van der Waals surface area contributed by atoms with Crippen molar-refractivity contribution < 1.29 is 13.2 Å². The van der Waals surface area contributed by atoms with Crippen molar-refractivity contribution in [2.75, 3.05) is 0 Å². The predicted octanol–water partition coefficient (Wildman–Crippen LogP) is 5.38. The first kappa shape index (κ1) is 13.9. The zero-order chi connectivity index (χ0) is 13.9. The van der Waals surface area contributed by atoms with E-state index in [2.05, 4.69) is 4.85 Å². The van der Waals surface area contributed by atoms with Crippen molar-refractivity contribution >= 4 is 5.69 Å². The molecular weight excluding hydrogens is 251 g/mol. The second-order valence-electron chi connectivity index (χ2n) is 5.14. The average molecular weight is 267 g/mol. The fourth-order valence-electron chi connectivity index (χ4n) is 2.77. The molecule has 0 radical (unpaired) electrons. The molecule has 0 N–H and O–H groups in total. The Morgan fingerprint density at radius 2 is 1.89 bits per heavy atom. The molecule has 1 saturated carbocycles. The first-order valence-corrected chi connectivity index (χ1v) is 6.58. The number of aryl methyl sites for hydroxylation is 1. The van der Waals surface area contributed by atoms with Gasteiger partial charge in [-0.2, -0.15) is 13.2 Å². The van der Waals surface area contributed by atoms with Gasteiger partial charge in [-0.1, -0.05) is 37.8 Å². The largest absolute Gasteiger partial charge is 0.415 e. The van der Waals surface area contributed by atoms with Crippen LogP contribution in [0, 0.1) is 12.5 Å². The molecule has 0 amide bonds. The van der Waals surface area contributed by atoms with Crippen LogP contribution in [0.4, 0.5) is 18.9 Å². The van der Waals surface area contributed by atoms with Crippen molar-refractivity contribution in [2.24, 2.45) is 5.92 Å². The SMILES string of the molecule is [C-]#[N+]c1ccc(CCC2CCCC2)c(C(F)(F)F)c1. The minimum Gasteiger partial charge on any atom is -0.238 e. The smallest absolute Gasteiger partial charge is 0.238 e. The number of alkyl halides is 3. The summed E-state index contributed by atoms with van der Waals surface area (Å²) in [6, 6.07) is 3.91. The summed E-state index contributed by atoms with van der Waals surface area (Å²) in [5.41, 5.74) is -0.261. The minimum absolute atomic E-state index is 0.0527. The van der Waals surface area contributed by atoms with Gasteiger partial charge in [0, 0.05) is 5.56 Å². The van der Waals surface area contributed by atoms with Gasteiger partial charge in [0.2, 0.25) is 0 Å². The first-order valence-electron chi connectivity index (χ1n) is 6.58. The number of halogens is 3. The molecule has 1 aromatic carbocycles. The molecule has 1 aliphatic rings. The molecular formula is C15H16F3N. The third kappa shape index (κ3) is 3.50. The summed E-state index contributed by atoms with van der Waals surface area (Å²) in [6.45, 7) is 6.81. The molecule has 4 heteroatoms. The van der Waals surface area contributed by atoms with Gasteiger partial charge in [-0.3, -0.25) is 0 Å². The molecule has 1 aliphatic carbocycles. The van der Waals surface area contributed by atoms with E-state index in [4.69, 9.17) is 6.57 Å². The lowest BCUT2D eigenvalue weighted by Gasteiger charge is -2.15. The van der Waals surface area contributed by atoms with Gasteiger partial charge in [-0.25, -0.2) is 4.85 Å². The van der Waals surface area contributed by atoms with E-state index in [9.17, 15) is 13.2 Å². The van der Waals surface area contributed by atoms with Gasteiger partial charge in [0.05, 0.1) is 6.57 Å². The van der Waals surface area contributed by atoms with E-state index in [0.29, 0.717) is 17.9 Å². The van der Waals surface area contributed by atoms with Crippen LogP contribution < -0.4 is 0 Å². The van der Waals surface area contributed by atoms with Crippen LogP contribution in [-0.4, -0.2) is 0 Å². The average Bonchev–Trinajstić information content (AvgIpc) is 2.88. The molecule has 1 nitrogen and oxygen atoms in total. The summed E-state index contributed by atoms with van der Waals surface area (Å²) in [5, 5.41) is 0. The second kappa shape index (κ2) is 5.64. The molecule has 0 saturated heterocycles. The predicted molar refractivity (Wildman–Crippen MR) is 68.0 cm³/mol. The number of nitrogens with zero attached hydrogens (tertiary/aromatic N) is 1. The standard InChI is InChI=1S/C15H16F3N/c1-19-13-9-8-12(14(10-13)15(16,17)18)7-6-11-4-2-3-5-11/h8-11H,2-7H2. The van der Waals surface area contributed by atoms with Crippen LogP contribution >= 0.6 is 0 Å². The quantitative estimate of drug-likeness (QED) is 0.648. The summed E-state index contributed by atoms with van der Waals surface area (Å²) < 4.78 is 38.9. The van der Waals surface area contributed by atoms with E-state index < -0.39 is 11.7 Å². The van der Waals surface area contributed by atoms with Gasteiger partial charge < -0.3 is 0 Å². The van der Waals surface area contributed by atoms with E-state index in [1.54, 1.807) is 0 Å². The Hall–Kier alpha value is -1.50. The van der Waals surface area contributed by atoms with Crippen molar-refractivity contribution in [1.82, 2.24) is 0 Å². The van der Waals surface area contributed by atoms with Gasteiger partial charge in [-0.05, 0) is 30.4 Å². The summed E-state index contributed by atoms with van der Waals surface area (Å²) >= 11 is 0. The van der Waals surface area contributed by atoms with Crippen LogP contribution in [0.1, 0.15) is 43.2 Å². The van der Waals surface area contributed by atoms with Gasteiger partial charge in [0.1, 0.15) is 0 Å². The Kier molecular flexibility index (Phi) is 4.14. The lowest BCUT2D eigenvalue weighted by Crippen LogP contribution is -2.10. The van der Waals surface area contributed by atoms with Gasteiger partial charge in [0.25, 0.3) is 0 Å². The molecule has 0 atom stereocenters. The van der Waals surface area contributed by atoms with E-state index in [1.165, 1.54) is 25.0 Å². The van der Waals surface area contributed by atoms with Crippen molar-refractivity contribution in [2.45, 2.75) is 44.7 Å². The highest BCUT2D eigenvalue weighted by molar-refractivity contribution is 5.50. The van der Waals surface area contributed by atoms with Crippen LogP contribution in [0.15, 0.2) is 18.2 Å². The van der Waals surface area contributed by atoms with Gasteiger partial charge in [-0.15, -0.1) is 0 Å². The second-order valence-corrected chi connectivity index (χ2v) is 5.14. The Morgan fingerprint density at radius 1 is 1.21 bits per heavy atom. The molecule has 1 fully saturated rings. The summed E-state index contributed by atoms with van der Waals surface area (Å²) in [5.74, 6) is 0.571. The molecule has 0 aromatic heterocycles. The highest BCUT2D eigenvalue weighted by Crippen LogP contribution is 2.36. The maximum Gasteiger partial charge on any atom is 0.415 e. The molecule has 2 rings (SSSR count). The van der Waals surface area contributed by atoms with Crippen molar-refractivity contribution in [3.05, 3.63) is 40.7 Å². The number of hydrogen-bond acceptors (Lipinski definition) is 0. The molecule has 0 aliphatic heterocycles. The van der Waals surface area contributed by atoms with Gasteiger partial charge in [0.15, 0.2) is 5.69 Å². The number of hydrogen-bond donors (Lipinski definition) is 0. The Balaban J connectivity index is 2.16. The van der Waals surface area contributed by atoms with Crippen LogP contribution in [0.3, 0.4) is 0 Å². The Morgan fingerprint density at radius 3 is 2.47 bits per heavy atom. The Bertz CT molecular complexity index is 479. The zero-order valence-electron chi connectivity index (χ0n) is 10.6. The molecule has 0 spiro atoms. The molecule has 1 aromatic rings. The maximum atomic E-state index is 13.0. The van der Waals surface area contributed by atoms with Crippen molar-refractivity contribution in [1.29, 1.82) is 0 Å². The van der Waals surface area contributed by atoms with Crippen LogP contribution in [0.2, 0.25) is 0 Å². The van der Waals surface area contributed by atoms with E-state index in [1.807, 2.05) is 0 Å². The topological polar surface area (TPSA) is 4.36 Å². The van der Waals surface area contributed by atoms with Crippen molar-refractivity contribution in [3.63, 3.8) is 0 Å². The van der Waals surface area contributed by atoms with E-state index in [-0.39, 0.29) is 5.69 Å². The lowest BCUT2D eigenvalue weighted by atomic mass is 9.95. The summed E-state index contributed by atoms with van der Waals surface area (Å²) in [6.07, 6.45) is 1.59. The third-order valence-corrected chi connectivity index (χ3v) is 3.82. The molecule has 102 valence electrons. The molecule has 0 bridgehead atoms. The number of rotatable bonds is 3. The molecule has 0 unspecified atom stereocenters. The fourth-order valence-corrected chi connectivity index (χ4v) is 2.77. The maximum absolute atomic E-state index is 13.0. The normalized spacial score (nSPS) is 16.5.